The van der Waals surface area contributed by atoms with E-state index in [2.05, 4.69) is 4.98 Å². The van der Waals surface area contributed by atoms with Gasteiger partial charge in [0.05, 0.1) is 12.1 Å². The topological polar surface area (TPSA) is 59.2 Å². The van der Waals surface area contributed by atoms with Crippen LogP contribution in [0.5, 0.6) is 0 Å². The van der Waals surface area contributed by atoms with Crippen LogP contribution in [-0.2, 0) is 11.2 Å². The molecule has 0 aliphatic heterocycles. The van der Waals surface area contributed by atoms with Crippen LogP contribution in [0, 0.1) is 0 Å². The second-order valence-corrected chi connectivity index (χ2v) is 4.83. The molecule has 1 amide bonds. The van der Waals surface area contributed by atoms with Crippen molar-refractivity contribution in [2.45, 2.75) is 31.7 Å². The molecule has 1 aliphatic carbocycles. The van der Waals surface area contributed by atoms with Gasteiger partial charge in [-0.1, -0.05) is 0 Å². The minimum Gasteiger partial charge on any atom is -0.375 e. The van der Waals surface area contributed by atoms with Crippen molar-refractivity contribution < 1.29 is 4.79 Å². The monoisotopic (exact) mass is 225 g/mol. The van der Waals surface area contributed by atoms with Gasteiger partial charge in [-0.05, 0) is 19.3 Å². The van der Waals surface area contributed by atoms with Crippen molar-refractivity contribution in [1.82, 2.24) is 9.88 Å². The first-order valence-electron chi connectivity index (χ1n) is 5.12. The Bertz CT molecular complexity index is 359. The fourth-order valence-corrected chi connectivity index (χ4v) is 2.22. The highest BCUT2D eigenvalue weighted by Gasteiger charge is 2.25. The standard InChI is InChI=1S/C10H15N3OS/c1-13(8-3-2-4-8)9(14)5-7-6-15-10(11)12-7/h6,8H,2-5H2,1H3,(H2,11,12). The molecule has 5 heteroatoms. The van der Waals surface area contributed by atoms with Gasteiger partial charge in [-0.3, -0.25) is 4.79 Å². The van der Waals surface area contributed by atoms with E-state index in [1.54, 1.807) is 0 Å². The van der Waals surface area contributed by atoms with Crippen LogP contribution in [0.3, 0.4) is 0 Å². The van der Waals surface area contributed by atoms with E-state index in [9.17, 15) is 4.79 Å². The van der Waals surface area contributed by atoms with E-state index in [4.69, 9.17) is 5.73 Å². The number of nitrogens with zero attached hydrogens (tertiary/aromatic N) is 2. The molecule has 2 N–H and O–H groups in total. The lowest BCUT2D eigenvalue weighted by atomic mass is 9.91. The van der Waals surface area contributed by atoms with Crippen LogP contribution < -0.4 is 5.73 Å². The quantitative estimate of drug-likeness (QED) is 0.843. The van der Waals surface area contributed by atoms with Gasteiger partial charge in [-0.15, -0.1) is 11.3 Å². The molecule has 1 aromatic rings. The lowest BCUT2D eigenvalue weighted by Crippen LogP contribution is -2.42. The van der Waals surface area contributed by atoms with Crippen molar-refractivity contribution in [1.29, 1.82) is 0 Å². The Balaban J connectivity index is 1.91. The van der Waals surface area contributed by atoms with Crippen molar-refractivity contribution >= 4 is 22.4 Å². The molecule has 0 atom stereocenters. The highest BCUT2D eigenvalue weighted by atomic mass is 32.1. The molecule has 15 heavy (non-hydrogen) atoms. The molecule has 1 fully saturated rings. The summed E-state index contributed by atoms with van der Waals surface area (Å²) >= 11 is 1.38. The van der Waals surface area contributed by atoms with E-state index < -0.39 is 0 Å². The summed E-state index contributed by atoms with van der Waals surface area (Å²) in [4.78, 5) is 17.7. The molecular weight excluding hydrogens is 210 g/mol. The van der Waals surface area contributed by atoms with E-state index in [0.29, 0.717) is 17.6 Å². The van der Waals surface area contributed by atoms with Crippen LogP contribution >= 0.6 is 11.3 Å². The van der Waals surface area contributed by atoms with Gasteiger partial charge in [-0.2, -0.15) is 0 Å². The normalized spacial score (nSPS) is 16.1. The summed E-state index contributed by atoms with van der Waals surface area (Å²) in [7, 11) is 1.88. The van der Waals surface area contributed by atoms with Crippen molar-refractivity contribution in [3.8, 4) is 0 Å². The van der Waals surface area contributed by atoms with Crippen molar-refractivity contribution in [3.05, 3.63) is 11.1 Å². The molecule has 0 spiro atoms. The summed E-state index contributed by atoms with van der Waals surface area (Å²) < 4.78 is 0. The second-order valence-electron chi connectivity index (χ2n) is 3.94. The third kappa shape index (κ3) is 2.28. The van der Waals surface area contributed by atoms with E-state index >= 15 is 0 Å². The molecule has 0 unspecified atom stereocenters. The van der Waals surface area contributed by atoms with Crippen LogP contribution in [0.25, 0.3) is 0 Å². The zero-order valence-electron chi connectivity index (χ0n) is 8.77. The van der Waals surface area contributed by atoms with Gasteiger partial charge in [0.1, 0.15) is 0 Å². The third-order valence-corrected chi connectivity index (χ3v) is 3.64. The number of amides is 1. The maximum absolute atomic E-state index is 11.8. The predicted octanol–water partition coefficient (Wildman–Crippen LogP) is 1.28. The SMILES string of the molecule is CN(C(=O)Cc1csc(N)n1)C1CCC1. The molecule has 82 valence electrons. The van der Waals surface area contributed by atoms with Gasteiger partial charge in [0, 0.05) is 18.5 Å². The number of hydrogen-bond acceptors (Lipinski definition) is 4. The molecule has 0 bridgehead atoms. The minimum atomic E-state index is 0.144. The number of anilines is 1. The molecule has 0 radical (unpaired) electrons. The Labute approximate surface area is 93.1 Å². The average Bonchev–Trinajstić information content (AvgIpc) is 2.48. The van der Waals surface area contributed by atoms with Crippen molar-refractivity contribution in [3.63, 3.8) is 0 Å². The molecule has 0 saturated heterocycles. The Kier molecular flexibility index (Phi) is 2.90. The number of carbonyl (C=O) groups excluding carboxylic acids is 1. The van der Waals surface area contributed by atoms with Gasteiger partial charge < -0.3 is 10.6 Å². The summed E-state index contributed by atoms with van der Waals surface area (Å²) in [6.45, 7) is 0. The zero-order chi connectivity index (χ0) is 10.8. The number of rotatable bonds is 3. The van der Waals surface area contributed by atoms with E-state index in [1.807, 2.05) is 17.3 Å². The number of hydrogen-bond donors (Lipinski definition) is 1. The van der Waals surface area contributed by atoms with E-state index in [1.165, 1.54) is 17.8 Å². The van der Waals surface area contributed by atoms with Crippen molar-refractivity contribution in [2.24, 2.45) is 0 Å². The van der Waals surface area contributed by atoms with Crippen LogP contribution in [-0.4, -0.2) is 28.9 Å². The molecule has 1 heterocycles. The van der Waals surface area contributed by atoms with E-state index in [0.717, 1.165) is 18.5 Å². The first kappa shape index (κ1) is 10.4. The van der Waals surface area contributed by atoms with Gasteiger partial charge in [0.25, 0.3) is 0 Å². The molecule has 2 rings (SSSR count). The molecule has 1 aliphatic rings. The first-order chi connectivity index (χ1) is 7.16. The Hall–Kier alpha value is -1.10. The van der Waals surface area contributed by atoms with Crippen LogP contribution in [0.1, 0.15) is 25.0 Å². The summed E-state index contributed by atoms with van der Waals surface area (Å²) in [5.74, 6) is 0.144. The van der Waals surface area contributed by atoms with Gasteiger partial charge in [0.15, 0.2) is 5.13 Å². The highest BCUT2D eigenvalue weighted by molar-refractivity contribution is 7.13. The lowest BCUT2D eigenvalue weighted by Gasteiger charge is -2.34. The second kappa shape index (κ2) is 4.18. The molecule has 4 nitrogen and oxygen atoms in total. The third-order valence-electron chi connectivity index (χ3n) is 2.92. The fourth-order valence-electron chi connectivity index (χ4n) is 1.66. The average molecular weight is 225 g/mol. The van der Waals surface area contributed by atoms with Gasteiger partial charge in [-0.25, -0.2) is 4.98 Å². The molecule has 1 aromatic heterocycles. The van der Waals surface area contributed by atoms with Crippen molar-refractivity contribution in [2.75, 3.05) is 12.8 Å². The Morgan fingerprint density at radius 1 is 1.73 bits per heavy atom. The molecular formula is C10H15N3OS. The summed E-state index contributed by atoms with van der Waals surface area (Å²) in [6.07, 6.45) is 3.90. The van der Waals surface area contributed by atoms with Crippen LogP contribution in [0.2, 0.25) is 0 Å². The molecule has 1 saturated carbocycles. The summed E-state index contributed by atoms with van der Waals surface area (Å²) in [5.41, 5.74) is 6.30. The largest absolute Gasteiger partial charge is 0.375 e. The smallest absolute Gasteiger partial charge is 0.228 e. The lowest BCUT2D eigenvalue weighted by molar-refractivity contribution is -0.132. The van der Waals surface area contributed by atoms with Crippen LogP contribution in [0.15, 0.2) is 5.38 Å². The zero-order valence-corrected chi connectivity index (χ0v) is 9.59. The highest BCUT2D eigenvalue weighted by Crippen LogP contribution is 2.24. The Morgan fingerprint density at radius 2 is 2.47 bits per heavy atom. The first-order valence-corrected chi connectivity index (χ1v) is 6.00. The number of likely N-dealkylation sites (N-methyl/N-ethyl adjacent to an activating group) is 1. The fraction of sp³-hybridized carbons (Fsp3) is 0.600. The maximum Gasteiger partial charge on any atom is 0.228 e. The van der Waals surface area contributed by atoms with Crippen LogP contribution in [0.4, 0.5) is 5.13 Å². The summed E-state index contributed by atoms with van der Waals surface area (Å²) in [6, 6.07) is 0.452. The minimum absolute atomic E-state index is 0.144. The van der Waals surface area contributed by atoms with E-state index in [-0.39, 0.29) is 5.91 Å². The number of carbonyl (C=O) groups is 1. The summed E-state index contributed by atoms with van der Waals surface area (Å²) in [5, 5.41) is 2.38. The maximum atomic E-state index is 11.8. The number of aromatic nitrogens is 1. The number of nitrogen functional groups attached to an aromatic ring is 1. The predicted molar refractivity (Wildman–Crippen MR) is 60.6 cm³/mol. The van der Waals surface area contributed by atoms with Gasteiger partial charge >= 0.3 is 0 Å². The molecule has 0 aromatic carbocycles. The van der Waals surface area contributed by atoms with Gasteiger partial charge in [0.2, 0.25) is 5.91 Å². The number of nitrogens with two attached hydrogens (primary N) is 1. The number of thiazole rings is 1. The Morgan fingerprint density at radius 3 is 2.93 bits per heavy atom.